The Balaban J connectivity index is 0.00000338. The van der Waals surface area contributed by atoms with E-state index in [0.29, 0.717) is 18.0 Å². The zero-order valence-electron chi connectivity index (χ0n) is 14.8. The summed E-state index contributed by atoms with van der Waals surface area (Å²) in [6.45, 7) is 2.80. The molecule has 144 valence electrons. The van der Waals surface area contributed by atoms with Gasteiger partial charge in [0.15, 0.2) is 5.96 Å². The van der Waals surface area contributed by atoms with Crippen LogP contribution in [0.4, 0.5) is 13.2 Å². The van der Waals surface area contributed by atoms with Gasteiger partial charge in [-0.25, -0.2) is 0 Å². The summed E-state index contributed by atoms with van der Waals surface area (Å²) in [5, 5.41) is 3.13. The van der Waals surface area contributed by atoms with Crippen molar-refractivity contribution in [2.24, 2.45) is 10.9 Å². The van der Waals surface area contributed by atoms with Gasteiger partial charge in [0.2, 0.25) is 0 Å². The molecule has 1 aromatic rings. The highest BCUT2D eigenvalue weighted by atomic mass is 127. The minimum atomic E-state index is -4.32. The van der Waals surface area contributed by atoms with E-state index in [2.05, 4.69) is 22.2 Å². The van der Waals surface area contributed by atoms with E-state index < -0.39 is 11.7 Å². The molecular weight excluding hydrogens is 458 g/mol. The lowest BCUT2D eigenvalue weighted by Crippen LogP contribution is -2.41. The van der Waals surface area contributed by atoms with Crippen LogP contribution in [-0.4, -0.2) is 51.3 Å². The highest BCUT2D eigenvalue weighted by Crippen LogP contribution is 2.28. The molecule has 0 spiro atoms. The molecule has 1 aromatic carbocycles. The Bertz CT molecular complexity index is 644. The van der Waals surface area contributed by atoms with Gasteiger partial charge in [0.05, 0.1) is 18.7 Å². The molecule has 1 saturated heterocycles. The highest BCUT2D eigenvalue weighted by molar-refractivity contribution is 14.0. The Morgan fingerprint density at radius 1 is 1.35 bits per heavy atom. The monoisotopic (exact) mass is 481 g/mol. The summed E-state index contributed by atoms with van der Waals surface area (Å²) in [6.07, 6.45) is -3.27. The van der Waals surface area contributed by atoms with E-state index in [1.807, 2.05) is 11.9 Å². The summed E-state index contributed by atoms with van der Waals surface area (Å²) in [7, 11) is 3.66. The van der Waals surface area contributed by atoms with Crippen LogP contribution in [-0.2, 0) is 10.9 Å². The fraction of sp³-hybridized carbons (Fsp3) is 0.500. The molecule has 0 radical (unpaired) electrons. The third-order valence-electron chi connectivity index (χ3n) is 3.91. The molecule has 1 atom stereocenters. The molecule has 0 bridgehead atoms. The molecule has 26 heavy (non-hydrogen) atoms. The number of nitrogens with zero attached hydrogens (tertiary/aromatic N) is 2. The van der Waals surface area contributed by atoms with E-state index in [0.717, 1.165) is 44.3 Å². The van der Waals surface area contributed by atoms with Gasteiger partial charge in [-0.3, -0.25) is 4.99 Å². The smallest absolute Gasteiger partial charge is 0.381 e. The lowest BCUT2D eigenvalue weighted by Gasteiger charge is -2.23. The zero-order chi connectivity index (χ0) is 18.3. The number of benzene rings is 1. The van der Waals surface area contributed by atoms with E-state index in [-0.39, 0.29) is 24.0 Å². The number of alkyl halides is 3. The molecule has 1 heterocycles. The number of nitrogens with one attached hydrogen (secondary N) is 1. The molecule has 0 aliphatic carbocycles. The maximum atomic E-state index is 12.5. The van der Waals surface area contributed by atoms with Crippen molar-refractivity contribution in [2.75, 3.05) is 40.4 Å². The van der Waals surface area contributed by atoms with Gasteiger partial charge in [0.25, 0.3) is 0 Å². The highest BCUT2D eigenvalue weighted by Gasteiger charge is 2.29. The lowest BCUT2D eigenvalue weighted by atomic mass is 10.1. The van der Waals surface area contributed by atoms with Crippen LogP contribution in [0.3, 0.4) is 0 Å². The Morgan fingerprint density at radius 2 is 2.04 bits per heavy atom. The first kappa shape index (κ1) is 22.6. The predicted molar refractivity (Wildman–Crippen MR) is 107 cm³/mol. The normalized spacial score (nSPS) is 17.1. The molecule has 1 N–H and O–H groups in total. The van der Waals surface area contributed by atoms with Crippen LogP contribution in [0.1, 0.15) is 17.5 Å². The van der Waals surface area contributed by atoms with E-state index in [9.17, 15) is 13.2 Å². The third-order valence-corrected chi connectivity index (χ3v) is 3.91. The average Bonchev–Trinajstić information content (AvgIpc) is 3.07. The lowest BCUT2D eigenvalue weighted by molar-refractivity contribution is -0.137. The van der Waals surface area contributed by atoms with Crippen molar-refractivity contribution in [3.05, 3.63) is 35.4 Å². The molecule has 4 nitrogen and oxygen atoms in total. The molecule has 8 heteroatoms. The summed E-state index contributed by atoms with van der Waals surface area (Å²) >= 11 is 0. The van der Waals surface area contributed by atoms with Crippen molar-refractivity contribution in [1.82, 2.24) is 10.2 Å². The second kappa shape index (κ2) is 10.6. The zero-order valence-corrected chi connectivity index (χ0v) is 17.1. The molecule has 1 unspecified atom stereocenters. The van der Waals surface area contributed by atoms with Crippen LogP contribution in [0.5, 0.6) is 0 Å². The van der Waals surface area contributed by atoms with Gasteiger partial charge < -0.3 is 15.0 Å². The van der Waals surface area contributed by atoms with Crippen molar-refractivity contribution in [2.45, 2.75) is 12.6 Å². The van der Waals surface area contributed by atoms with Crippen molar-refractivity contribution in [3.8, 4) is 11.8 Å². The first-order valence-corrected chi connectivity index (χ1v) is 8.06. The van der Waals surface area contributed by atoms with Gasteiger partial charge in [0.1, 0.15) is 0 Å². The maximum absolute atomic E-state index is 12.5. The quantitative estimate of drug-likeness (QED) is 0.312. The van der Waals surface area contributed by atoms with Crippen molar-refractivity contribution in [1.29, 1.82) is 0 Å². The molecule has 2 rings (SSSR count). The first-order chi connectivity index (χ1) is 11.9. The first-order valence-electron chi connectivity index (χ1n) is 8.06. The molecular formula is C18H23F3IN3O. The SMILES string of the molecule is CN=C(NCC#Cc1ccc(C(F)(F)F)cc1)N(C)CC1CCOC1.I. The van der Waals surface area contributed by atoms with Crippen molar-refractivity contribution < 1.29 is 17.9 Å². The molecule has 1 aliphatic heterocycles. The minimum Gasteiger partial charge on any atom is -0.381 e. The standard InChI is InChI=1S/C18H22F3N3O.HI/c1-22-17(24(2)12-15-9-11-25-13-15)23-10-3-4-14-5-7-16(8-6-14)18(19,20)21;/h5-8,15H,9-13H2,1-2H3,(H,22,23);1H. The Labute approximate surface area is 169 Å². The average molecular weight is 481 g/mol. The summed E-state index contributed by atoms with van der Waals surface area (Å²) < 4.78 is 42.9. The van der Waals surface area contributed by atoms with E-state index in [1.165, 1.54) is 12.1 Å². The third kappa shape index (κ3) is 7.03. The summed E-state index contributed by atoms with van der Waals surface area (Å²) in [5.74, 6) is 6.97. The van der Waals surface area contributed by atoms with Gasteiger partial charge in [-0.1, -0.05) is 11.8 Å². The van der Waals surface area contributed by atoms with Crippen LogP contribution >= 0.6 is 24.0 Å². The number of guanidine groups is 1. The van der Waals surface area contributed by atoms with Crippen LogP contribution < -0.4 is 5.32 Å². The number of aliphatic imine (C=N–C) groups is 1. The predicted octanol–water partition coefficient (Wildman–Crippen LogP) is 3.22. The number of ether oxygens (including phenoxy) is 1. The number of halogens is 4. The fourth-order valence-corrected chi connectivity index (χ4v) is 2.60. The second-order valence-electron chi connectivity index (χ2n) is 5.89. The van der Waals surface area contributed by atoms with E-state index >= 15 is 0 Å². The molecule has 1 aliphatic rings. The van der Waals surface area contributed by atoms with E-state index in [1.54, 1.807) is 7.05 Å². The van der Waals surface area contributed by atoms with Crippen LogP contribution in [0.2, 0.25) is 0 Å². The van der Waals surface area contributed by atoms with Crippen LogP contribution in [0, 0.1) is 17.8 Å². The van der Waals surface area contributed by atoms with Gasteiger partial charge in [-0.2, -0.15) is 13.2 Å². The Kier molecular flexibility index (Phi) is 9.22. The minimum absolute atomic E-state index is 0. The van der Waals surface area contributed by atoms with E-state index in [4.69, 9.17) is 4.74 Å². The Morgan fingerprint density at radius 3 is 2.58 bits per heavy atom. The number of hydrogen-bond donors (Lipinski definition) is 1. The van der Waals surface area contributed by atoms with Gasteiger partial charge >= 0.3 is 6.18 Å². The number of hydrogen-bond acceptors (Lipinski definition) is 2. The second-order valence-corrected chi connectivity index (χ2v) is 5.89. The summed E-state index contributed by atoms with van der Waals surface area (Å²) in [5.41, 5.74) is -0.129. The van der Waals surface area contributed by atoms with Crippen molar-refractivity contribution in [3.63, 3.8) is 0 Å². The van der Waals surface area contributed by atoms with Gasteiger partial charge in [0, 0.05) is 38.7 Å². The summed E-state index contributed by atoms with van der Waals surface area (Å²) in [6, 6.07) is 4.81. The largest absolute Gasteiger partial charge is 0.416 e. The van der Waals surface area contributed by atoms with Crippen molar-refractivity contribution >= 4 is 29.9 Å². The molecule has 0 aromatic heterocycles. The molecule has 0 saturated carbocycles. The van der Waals surface area contributed by atoms with Crippen LogP contribution in [0.15, 0.2) is 29.3 Å². The molecule has 0 amide bonds. The Hall–Kier alpha value is -1.47. The van der Waals surface area contributed by atoms with Crippen LogP contribution in [0.25, 0.3) is 0 Å². The fourth-order valence-electron chi connectivity index (χ4n) is 2.60. The maximum Gasteiger partial charge on any atom is 0.416 e. The number of rotatable bonds is 3. The topological polar surface area (TPSA) is 36.9 Å². The van der Waals surface area contributed by atoms with Gasteiger partial charge in [-0.15, -0.1) is 24.0 Å². The molecule has 1 fully saturated rings. The summed E-state index contributed by atoms with van der Waals surface area (Å²) in [4.78, 5) is 6.24. The van der Waals surface area contributed by atoms with Gasteiger partial charge in [-0.05, 0) is 30.7 Å².